The molecule has 3 rings (SSSR count). The summed E-state index contributed by atoms with van der Waals surface area (Å²) in [5.41, 5.74) is 1.03. The number of nitrogens with zero attached hydrogens (tertiary/aromatic N) is 2. The molecule has 0 spiro atoms. The highest BCUT2D eigenvalue weighted by molar-refractivity contribution is 6.25. The molecule has 1 heterocycles. The smallest absolute Gasteiger partial charge is 0.261 e. The zero-order chi connectivity index (χ0) is 20.3. The highest BCUT2D eigenvalue weighted by Crippen LogP contribution is 2.29. The van der Waals surface area contributed by atoms with E-state index in [1.165, 1.54) is 9.80 Å². The maximum absolute atomic E-state index is 12.8. The molecule has 0 saturated carbocycles. The Bertz CT molecular complexity index is 901. The first-order chi connectivity index (χ1) is 13.4. The average Bonchev–Trinajstić information content (AvgIpc) is 2.68. The fourth-order valence-electron chi connectivity index (χ4n) is 3.30. The van der Waals surface area contributed by atoms with Crippen molar-refractivity contribution in [1.29, 1.82) is 0 Å². The minimum Gasteiger partial charge on any atom is -0.356 e. The lowest BCUT2D eigenvalue weighted by Gasteiger charge is -2.27. The van der Waals surface area contributed by atoms with Gasteiger partial charge >= 0.3 is 0 Å². The van der Waals surface area contributed by atoms with Crippen molar-refractivity contribution in [3.8, 4) is 0 Å². The van der Waals surface area contributed by atoms with Gasteiger partial charge in [-0.1, -0.05) is 24.3 Å². The van der Waals surface area contributed by atoms with Gasteiger partial charge in [0.25, 0.3) is 11.8 Å². The van der Waals surface area contributed by atoms with E-state index < -0.39 is 0 Å². The zero-order valence-electron chi connectivity index (χ0n) is 16.0. The fraction of sp³-hybridized carbons (Fsp3) is 0.333. The third kappa shape index (κ3) is 3.88. The van der Waals surface area contributed by atoms with Gasteiger partial charge in [0, 0.05) is 56.5 Å². The molecule has 0 atom stereocenters. The fourth-order valence-corrected chi connectivity index (χ4v) is 3.30. The van der Waals surface area contributed by atoms with Crippen LogP contribution in [-0.2, 0) is 9.59 Å². The Morgan fingerprint density at radius 2 is 1.57 bits per heavy atom. The first-order valence-corrected chi connectivity index (χ1v) is 9.25. The molecule has 1 aliphatic heterocycles. The Morgan fingerprint density at radius 3 is 2.14 bits per heavy atom. The highest BCUT2D eigenvalue weighted by atomic mass is 16.2. The molecule has 0 saturated heterocycles. The lowest BCUT2D eigenvalue weighted by molar-refractivity contribution is -0.128. The van der Waals surface area contributed by atoms with E-state index in [0.29, 0.717) is 22.9 Å². The van der Waals surface area contributed by atoms with Gasteiger partial charge in [-0.3, -0.25) is 24.1 Å². The number of nitrogens with one attached hydrogen (secondary N) is 1. The predicted octanol–water partition coefficient (Wildman–Crippen LogP) is 1.81. The SMILES string of the molecule is CN(C)C(=O)CCNC(=O)CCCN1C(=O)c2cccc3cccc(c23)C1=O. The normalized spacial score (nSPS) is 13.0. The average molecular weight is 381 g/mol. The molecule has 2 aromatic carbocycles. The van der Waals surface area contributed by atoms with E-state index in [2.05, 4.69) is 5.32 Å². The van der Waals surface area contributed by atoms with Gasteiger partial charge in [-0.25, -0.2) is 0 Å². The molecule has 1 aliphatic rings. The summed E-state index contributed by atoms with van der Waals surface area (Å²) < 4.78 is 0. The Balaban J connectivity index is 1.57. The number of carbonyl (C=O) groups excluding carboxylic acids is 4. The van der Waals surface area contributed by atoms with Gasteiger partial charge in [0.2, 0.25) is 11.8 Å². The number of amides is 4. The van der Waals surface area contributed by atoms with Crippen LogP contribution in [0.1, 0.15) is 40.0 Å². The summed E-state index contributed by atoms with van der Waals surface area (Å²) in [7, 11) is 3.32. The van der Waals surface area contributed by atoms with Crippen LogP contribution < -0.4 is 5.32 Å². The van der Waals surface area contributed by atoms with Crippen molar-refractivity contribution in [1.82, 2.24) is 15.1 Å². The van der Waals surface area contributed by atoms with Crippen LogP contribution in [0.5, 0.6) is 0 Å². The van der Waals surface area contributed by atoms with Crippen LogP contribution in [0, 0.1) is 0 Å². The summed E-state index contributed by atoms with van der Waals surface area (Å²) in [4.78, 5) is 51.6. The molecular weight excluding hydrogens is 358 g/mol. The Morgan fingerprint density at radius 1 is 0.964 bits per heavy atom. The maximum Gasteiger partial charge on any atom is 0.261 e. The number of hydrogen-bond donors (Lipinski definition) is 1. The molecule has 7 heteroatoms. The number of carbonyl (C=O) groups is 4. The summed E-state index contributed by atoms with van der Waals surface area (Å²) in [5.74, 6) is -0.916. The van der Waals surface area contributed by atoms with E-state index in [1.54, 1.807) is 38.4 Å². The molecule has 28 heavy (non-hydrogen) atoms. The van der Waals surface area contributed by atoms with Crippen molar-refractivity contribution >= 4 is 34.4 Å². The first kappa shape index (κ1) is 19.5. The van der Waals surface area contributed by atoms with Crippen LogP contribution >= 0.6 is 0 Å². The van der Waals surface area contributed by atoms with Gasteiger partial charge in [0.1, 0.15) is 0 Å². The topological polar surface area (TPSA) is 86.8 Å². The lowest BCUT2D eigenvalue weighted by atomic mass is 9.94. The third-order valence-electron chi connectivity index (χ3n) is 4.80. The van der Waals surface area contributed by atoms with E-state index in [1.807, 2.05) is 12.1 Å². The van der Waals surface area contributed by atoms with E-state index in [4.69, 9.17) is 0 Å². The number of hydrogen-bond acceptors (Lipinski definition) is 4. The molecule has 7 nitrogen and oxygen atoms in total. The second kappa shape index (κ2) is 8.21. The highest BCUT2D eigenvalue weighted by Gasteiger charge is 2.32. The van der Waals surface area contributed by atoms with E-state index in [-0.39, 0.29) is 49.6 Å². The van der Waals surface area contributed by atoms with Gasteiger partial charge < -0.3 is 10.2 Å². The predicted molar refractivity (Wildman–Crippen MR) is 105 cm³/mol. The molecule has 146 valence electrons. The van der Waals surface area contributed by atoms with E-state index >= 15 is 0 Å². The third-order valence-corrected chi connectivity index (χ3v) is 4.80. The van der Waals surface area contributed by atoms with Crippen molar-refractivity contribution in [2.24, 2.45) is 0 Å². The molecule has 0 bridgehead atoms. The molecule has 1 N–H and O–H groups in total. The Hall–Kier alpha value is -3.22. The minimum absolute atomic E-state index is 0.0577. The molecule has 0 radical (unpaired) electrons. The van der Waals surface area contributed by atoms with Crippen molar-refractivity contribution < 1.29 is 19.2 Å². The van der Waals surface area contributed by atoms with Gasteiger partial charge in [-0.05, 0) is 23.9 Å². The lowest BCUT2D eigenvalue weighted by Crippen LogP contribution is -2.41. The minimum atomic E-state index is -0.328. The molecule has 4 amide bonds. The number of imide groups is 1. The monoisotopic (exact) mass is 381 g/mol. The van der Waals surface area contributed by atoms with Crippen molar-refractivity contribution in [2.75, 3.05) is 27.2 Å². The molecule has 0 aliphatic carbocycles. The quantitative estimate of drug-likeness (QED) is 0.741. The molecular formula is C21H23N3O4. The Kier molecular flexibility index (Phi) is 5.73. The van der Waals surface area contributed by atoms with Crippen LogP contribution in [0.15, 0.2) is 36.4 Å². The maximum atomic E-state index is 12.8. The summed E-state index contributed by atoms with van der Waals surface area (Å²) >= 11 is 0. The largest absolute Gasteiger partial charge is 0.356 e. The van der Waals surface area contributed by atoms with Crippen LogP contribution in [-0.4, -0.2) is 60.6 Å². The number of rotatable bonds is 7. The van der Waals surface area contributed by atoms with Gasteiger partial charge in [-0.15, -0.1) is 0 Å². The summed E-state index contributed by atoms with van der Waals surface area (Å²) in [5, 5.41) is 4.24. The van der Waals surface area contributed by atoms with Crippen LogP contribution in [0.4, 0.5) is 0 Å². The molecule has 0 aromatic heterocycles. The van der Waals surface area contributed by atoms with Crippen LogP contribution in [0.25, 0.3) is 10.8 Å². The van der Waals surface area contributed by atoms with Crippen molar-refractivity contribution in [3.05, 3.63) is 47.5 Å². The van der Waals surface area contributed by atoms with E-state index in [0.717, 1.165) is 5.39 Å². The standard InChI is InChI=1S/C21H23N3O4/c1-23(2)18(26)11-12-22-17(25)10-5-13-24-20(27)15-8-3-6-14-7-4-9-16(19(14)15)21(24)28/h3-4,6-9H,5,10-13H2,1-2H3,(H,22,25). The van der Waals surface area contributed by atoms with Crippen LogP contribution in [0.3, 0.4) is 0 Å². The van der Waals surface area contributed by atoms with Gasteiger partial charge in [0.15, 0.2) is 0 Å². The van der Waals surface area contributed by atoms with Gasteiger partial charge in [0.05, 0.1) is 0 Å². The van der Waals surface area contributed by atoms with E-state index in [9.17, 15) is 19.2 Å². The van der Waals surface area contributed by atoms with Crippen molar-refractivity contribution in [2.45, 2.75) is 19.3 Å². The zero-order valence-corrected chi connectivity index (χ0v) is 16.0. The number of benzene rings is 2. The van der Waals surface area contributed by atoms with Crippen LogP contribution in [0.2, 0.25) is 0 Å². The summed E-state index contributed by atoms with van der Waals surface area (Å²) in [6.45, 7) is 0.444. The molecule has 0 unspecified atom stereocenters. The second-order valence-corrected chi connectivity index (χ2v) is 6.96. The molecule has 2 aromatic rings. The van der Waals surface area contributed by atoms with Gasteiger partial charge in [-0.2, -0.15) is 0 Å². The Labute approximate surface area is 163 Å². The second-order valence-electron chi connectivity index (χ2n) is 6.96. The van der Waals surface area contributed by atoms with Crippen molar-refractivity contribution in [3.63, 3.8) is 0 Å². The summed E-state index contributed by atoms with van der Waals surface area (Å²) in [6, 6.07) is 10.8. The molecule has 0 fully saturated rings. The first-order valence-electron chi connectivity index (χ1n) is 9.25. The summed E-state index contributed by atoms with van der Waals surface area (Å²) in [6.07, 6.45) is 0.783.